The van der Waals surface area contributed by atoms with E-state index in [1.807, 2.05) is 66.4 Å². The molecular weight excluding hydrogens is 368 g/mol. The van der Waals surface area contributed by atoms with Gasteiger partial charge in [0.15, 0.2) is 5.75 Å². The van der Waals surface area contributed by atoms with E-state index in [2.05, 4.69) is 10.2 Å². The van der Waals surface area contributed by atoms with Gasteiger partial charge in [-0.2, -0.15) is 0 Å². The minimum Gasteiger partial charge on any atom is -0.455 e. The van der Waals surface area contributed by atoms with E-state index in [4.69, 9.17) is 4.74 Å². The predicted molar refractivity (Wildman–Crippen MR) is 113 cm³/mol. The van der Waals surface area contributed by atoms with Crippen LogP contribution in [0.3, 0.4) is 0 Å². The van der Waals surface area contributed by atoms with Crippen LogP contribution < -0.4 is 10.1 Å². The van der Waals surface area contributed by atoms with Crippen LogP contribution in [-0.4, -0.2) is 73.0 Å². The summed E-state index contributed by atoms with van der Waals surface area (Å²) in [6, 6.07) is 16.6. The number of benzene rings is 2. The molecule has 0 saturated carbocycles. The zero-order valence-corrected chi connectivity index (χ0v) is 17.2. The fraction of sp³-hybridized carbons (Fsp3) is 0.364. The summed E-state index contributed by atoms with van der Waals surface area (Å²) in [4.78, 5) is 30.4. The molecule has 0 aliphatic carbocycles. The number of nitrogens with zero attached hydrogens (tertiary/aromatic N) is 3. The number of piperazine rings is 1. The van der Waals surface area contributed by atoms with Gasteiger partial charge in [-0.25, -0.2) is 4.79 Å². The van der Waals surface area contributed by atoms with Crippen LogP contribution in [0.2, 0.25) is 0 Å². The first-order valence-corrected chi connectivity index (χ1v) is 9.79. The van der Waals surface area contributed by atoms with Gasteiger partial charge in [-0.1, -0.05) is 30.3 Å². The Morgan fingerprint density at radius 2 is 1.59 bits per heavy atom. The number of carbonyl (C=O) groups excluding carboxylic acids is 2. The lowest BCUT2D eigenvalue weighted by atomic mass is 10.2. The number of anilines is 1. The van der Waals surface area contributed by atoms with Gasteiger partial charge in [0.05, 0.1) is 11.7 Å². The Balaban J connectivity index is 1.60. The summed E-state index contributed by atoms with van der Waals surface area (Å²) < 4.78 is 5.92. The molecule has 0 spiro atoms. The maximum atomic E-state index is 12.8. The van der Waals surface area contributed by atoms with Crippen LogP contribution >= 0.6 is 0 Å². The Hall–Kier alpha value is -3.06. The predicted octanol–water partition coefficient (Wildman–Crippen LogP) is 3.11. The van der Waals surface area contributed by atoms with E-state index in [0.717, 1.165) is 0 Å². The quantitative estimate of drug-likeness (QED) is 0.844. The Morgan fingerprint density at radius 3 is 2.24 bits per heavy atom. The van der Waals surface area contributed by atoms with Crippen molar-refractivity contribution in [3.8, 4) is 11.5 Å². The lowest BCUT2D eigenvalue weighted by Crippen LogP contribution is -2.55. The summed E-state index contributed by atoms with van der Waals surface area (Å²) in [6.07, 6.45) is 0. The van der Waals surface area contributed by atoms with E-state index in [-0.39, 0.29) is 18.0 Å². The normalized spacial score (nSPS) is 15.5. The van der Waals surface area contributed by atoms with E-state index in [0.29, 0.717) is 43.4 Å². The molecule has 2 aromatic carbocycles. The molecule has 7 nitrogen and oxygen atoms in total. The Morgan fingerprint density at radius 1 is 0.966 bits per heavy atom. The molecule has 1 fully saturated rings. The van der Waals surface area contributed by atoms with E-state index in [1.165, 1.54) is 0 Å². The Kier molecular flexibility index (Phi) is 6.72. The second-order valence-electron chi connectivity index (χ2n) is 7.28. The third-order valence-corrected chi connectivity index (χ3v) is 5.01. The van der Waals surface area contributed by atoms with Crippen molar-refractivity contribution in [2.75, 3.05) is 45.6 Å². The summed E-state index contributed by atoms with van der Waals surface area (Å²) in [5.74, 6) is 1.21. The van der Waals surface area contributed by atoms with Crippen LogP contribution in [0, 0.1) is 0 Å². The molecule has 0 bridgehead atoms. The topological polar surface area (TPSA) is 65.1 Å². The molecule has 0 aromatic heterocycles. The van der Waals surface area contributed by atoms with Crippen LogP contribution in [0.1, 0.15) is 6.92 Å². The van der Waals surface area contributed by atoms with Gasteiger partial charge in [-0.15, -0.1) is 0 Å². The van der Waals surface area contributed by atoms with Crippen LogP contribution in [0.4, 0.5) is 10.5 Å². The molecule has 29 heavy (non-hydrogen) atoms. The van der Waals surface area contributed by atoms with E-state index < -0.39 is 0 Å². The molecule has 1 aliphatic rings. The number of amides is 3. The number of hydrogen-bond acceptors (Lipinski definition) is 4. The molecule has 154 valence electrons. The molecule has 1 atom stereocenters. The van der Waals surface area contributed by atoms with Crippen LogP contribution in [0.5, 0.6) is 11.5 Å². The number of para-hydroxylation sites is 3. The van der Waals surface area contributed by atoms with E-state index in [9.17, 15) is 9.59 Å². The highest BCUT2D eigenvalue weighted by Crippen LogP contribution is 2.29. The van der Waals surface area contributed by atoms with Crippen molar-refractivity contribution in [2.45, 2.75) is 13.0 Å². The van der Waals surface area contributed by atoms with Gasteiger partial charge in [0.25, 0.3) is 0 Å². The lowest BCUT2D eigenvalue weighted by molar-refractivity contribution is -0.121. The Bertz CT molecular complexity index is 833. The summed E-state index contributed by atoms with van der Waals surface area (Å²) in [5, 5.41) is 2.99. The molecule has 2 aromatic rings. The molecule has 1 unspecified atom stereocenters. The summed E-state index contributed by atoms with van der Waals surface area (Å²) in [7, 11) is 3.50. The SMILES string of the molecule is CC(C(=O)Nc1ccccc1Oc1ccccc1)N1CCN(C(=O)N(C)C)CC1. The smallest absolute Gasteiger partial charge is 0.319 e. The molecule has 3 amide bonds. The zero-order valence-electron chi connectivity index (χ0n) is 17.2. The number of rotatable bonds is 5. The van der Waals surface area contributed by atoms with Gasteiger partial charge in [0.1, 0.15) is 5.75 Å². The first-order chi connectivity index (χ1) is 14.0. The van der Waals surface area contributed by atoms with Crippen LogP contribution in [0.25, 0.3) is 0 Å². The van der Waals surface area contributed by atoms with Gasteiger partial charge in [0.2, 0.25) is 5.91 Å². The minimum atomic E-state index is -0.309. The number of urea groups is 1. The highest BCUT2D eigenvalue weighted by atomic mass is 16.5. The average Bonchev–Trinajstić information content (AvgIpc) is 2.75. The average molecular weight is 396 g/mol. The van der Waals surface area contributed by atoms with Crippen molar-refractivity contribution in [3.05, 3.63) is 54.6 Å². The summed E-state index contributed by atoms with van der Waals surface area (Å²) in [5.41, 5.74) is 0.634. The number of ether oxygens (including phenoxy) is 1. The van der Waals surface area contributed by atoms with Crippen molar-refractivity contribution < 1.29 is 14.3 Å². The lowest BCUT2D eigenvalue weighted by Gasteiger charge is -2.38. The first kappa shape index (κ1) is 20.7. The third kappa shape index (κ3) is 5.26. The summed E-state index contributed by atoms with van der Waals surface area (Å²) in [6.45, 7) is 4.44. The van der Waals surface area contributed by atoms with E-state index >= 15 is 0 Å². The number of hydrogen-bond donors (Lipinski definition) is 1. The van der Waals surface area contributed by atoms with Crippen molar-refractivity contribution in [2.24, 2.45) is 0 Å². The molecule has 1 aliphatic heterocycles. The van der Waals surface area contributed by atoms with Gasteiger partial charge in [-0.3, -0.25) is 9.69 Å². The monoisotopic (exact) mass is 396 g/mol. The highest BCUT2D eigenvalue weighted by Gasteiger charge is 2.28. The van der Waals surface area contributed by atoms with Gasteiger partial charge in [0, 0.05) is 40.3 Å². The second kappa shape index (κ2) is 9.43. The molecule has 3 rings (SSSR count). The first-order valence-electron chi connectivity index (χ1n) is 9.79. The fourth-order valence-corrected chi connectivity index (χ4v) is 3.26. The fourth-order valence-electron chi connectivity index (χ4n) is 3.26. The van der Waals surface area contributed by atoms with Crippen molar-refractivity contribution >= 4 is 17.6 Å². The van der Waals surface area contributed by atoms with Crippen molar-refractivity contribution in [1.29, 1.82) is 0 Å². The number of nitrogens with one attached hydrogen (secondary N) is 1. The molecule has 1 saturated heterocycles. The molecule has 0 radical (unpaired) electrons. The molecular formula is C22H28N4O3. The van der Waals surface area contributed by atoms with Gasteiger partial charge >= 0.3 is 6.03 Å². The van der Waals surface area contributed by atoms with Crippen molar-refractivity contribution in [1.82, 2.24) is 14.7 Å². The van der Waals surface area contributed by atoms with Crippen LogP contribution in [-0.2, 0) is 4.79 Å². The molecule has 1 heterocycles. The largest absolute Gasteiger partial charge is 0.455 e. The zero-order chi connectivity index (χ0) is 20.8. The molecule has 1 N–H and O–H groups in total. The second-order valence-corrected chi connectivity index (χ2v) is 7.28. The van der Waals surface area contributed by atoms with Gasteiger partial charge < -0.3 is 19.9 Å². The highest BCUT2D eigenvalue weighted by molar-refractivity contribution is 5.95. The molecule has 7 heteroatoms. The summed E-state index contributed by atoms with van der Waals surface area (Å²) >= 11 is 0. The van der Waals surface area contributed by atoms with Crippen LogP contribution in [0.15, 0.2) is 54.6 Å². The minimum absolute atomic E-state index is 0.00810. The maximum absolute atomic E-state index is 12.8. The third-order valence-electron chi connectivity index (χ3n) is 5.01. The number of carbonyl (C=O) groups is 2. The maximum Gasteiger partial charge on any atom is 0.319 e. The standard InChI is InChI=1S/C22H28N4O3/c1-17(25-13-15-26(16-14-25)22(28)24(2)3)21(27)23-19-11-7-8-12-20(19)29-18-9-5-4-6-10-18/h4-12,17H,13-16H2,1-3H3,(H,23,27). The van der Waals surface area contributed by atoms with Gasteiger partial charge in [-0.05, 0) is 31.2 Å². The van der Waals surface area contributed by atoms with E-state index in [1.54, 1.807) is 19.0 Å². The van der Waals surface area contributed by atoms with Crippen molar-refractivity contribution in [3.63, 3.8) is 0 Å². The Labute approximate surface area is 171 Å².